The zero-order chi connectivity index (χ0) is 14.4. The summed E-state index contributed by atoms with van der Waals surface area (Å²) in [5.74, 6) is -2.51. The molecule has 0 bridgehead atoms. The molecule has 2 rings (SSSR count). The van der Waals surface area contributed by atoms with E-state index in [0.29, 0.717) is 18.4 Å². The van der Waals surface area contributed by atoms with Crippen molar-refractivity contribution in [3.05, 3.63) is 23.3 Å². The minimum atomic E-state index is -4.01. The molecule has 1 aliphatic carbocycles. The van der Waals surface area contributed by atoms with Gasteiger partial charge in [0.15, 0.2) is 21.4 Å². The van der Waals surface area contributed by atoms with Gasteiger partial charge in [0.2, 0.25) is 0 Å². The molecule has 0 aromatic heterocycles. The minimum Gasteiger partial charge on any atom is -0.493 e. The van der Waals surface area contributed by atoms with Gasteiger partial charge in [-0.15, -0.1) is 0 Å². The van der Waals surface area contributed by atoms with Crippen molar-refractivity contribution in [2.75, 3.05) is 19.9 Å². The summed E-state index contributed by atoms with van der Waals surface area (Å²) in [4.78, 5) is -0.957. The Hall–Kier alpha value is -1.21. The van der Waals surface area contributed by atoms with Gasteiger partial charge in [-0.2, -0.15) is 0 Å². The average Bonchev–Trinajstić information content (AvgIpc) is 3.07. The summed E-state index contributed by atoms with van der Waals surface area (Å²) in [6, 6.07) is 1.03. The van der Waals surface area contributed by atoms with Gasteiger partial charge in [0.05, 0.1) is 7.11 Å². The standard InChI is InChI=1S/C12H15F2NO3S/c1-18-10-7(12(6-15)3-4-12)5-8(13)11(9(10)14)19(2,16)17/h5H,3-4,6,15H2,1-2H3. The molecule has 0 radical (unpaired) electrons. The molecule has 0 atom stereocenters. The van der Waals surface area contributed by atoms with Crippen LogP contribution in [-0.2, 0) is 15.3 Å². The van der Waals surface area contributed by atoms with Crippen LogP contribution in [0.1, 0.15) is 18.4 Å². The van der Waals surface area contributed by atoms with Crippen LogP contribution in [0.3, 0.4) is 0 Å². The number of methoxy groups -OCH3 is 1. The predicted molar refractivity (Wildman–Crippen MR) is 66.0 cm³/mol. The Kier molecular flexibility index (Phi) is 3.30. The van der Waals surface area contributed by atoms with Crippen LogP contribution >= 0.6 is 0 Å². The van der Waals surface area contributed by atoms with Crippen molar-refractivity contribution in [1.82, 2.24) is 0 Å². The number of benzene rings is 1. The van der Waals surface area contributed by atoms with Gasteiger partial charge in [0.25, 0.3) is 0 Å². The molecule has 106 valence electrons. The molecular formula is C12H15F2NO3S. The zero-order valence-corrected chi connectivity index (χ0v) is 11.5. The first-order valence-electron chi connectivity index (χ1n) is 5.73. The molecule has 1 saturated carbocycles. The summed E-state index contributed by atoms with van der Waals surface area (Å²) in [5.41, 5.74) is 5.44. The maximum absolute atomic E-state index is 14.2. The molecule has 4 nitrogen and oxygen atoms in total. The first kappa shape index (κ1) is 14.2. The summed E-state index contributed by atoms with van der Waals surface area (Å²) in [5, 5.41) is 0. The van der Waals surface area contributed by atoms with Gasteiger partial charge in [-0.3, -0.25) is 0 Å². The summed E-state index contributed by atoms with van der Waals surface area (Å²) in [7, 11) is -2.79. The highest BCUT2D eigenvalue weighted by atomic mass is 32.2. The van der Waals surface area contributed by atoms with Crippen molar-refractivity contribution in [2.24, 2.45) is 5.73 Å². The topological polar surface area (TPSA) is 69.4 Å². The van der Waals surface area contributed by atoms with Crippen molar-refractivity contribution in [3.8, 4) is 5.75 Å². The molecule has 7 heteroatoms. The Bertz CT molecular complexity index is 624. The van der Waals surface area contributed by atoms with Crippen LogP contribution in [0.5, 0.6) is 5.75 Å². The van der Waals surface area contributed by atoms with Gasteiger partial charge < -0.3 is 10.5 Å². The molecule has 0 amide bonds. The lowest BCUT2D eigenvalue weighted by atomic mass is 9.94. The van der Waals surface area contributed by atoms with E-state index in [4.69, 9.17) is 10.5 Å². The average molecular weight is 291 g/mol. The molecule has 1 aromatic carbocycles. The molecule has 0 unspecified atom stereocenters. The van der Waals surface area contributed by atoms with E-state index in [1.165, 1.54) is 7.11 Å². The molecule has 0 spiro atoms. The molecule has 0 aliphatic heterocycles. The SMILES string of the molecule is COc1c(C2(CN)CC2)cc(F)c(S(C)(=O)=O)c1F. The molecular weight excluding hydrogens is 276 g/mol. The second kappa shape index (κ2) is 4.42. The Labute approximate surface area is 110 Å². The van der Waals surface area contributed by atoms with E-state index in [1.54, 1.807) is 0 Å². The number of ether oxygens (including phenoxy) is 1. The fourth-order valence-electron chi connectivity index (χ4n) is 2.25. The summed E-state index contributed by atoms with van der Waals surface area (Å²) < 4.78 is 55.9. The zero-order valence-electron chi connectivity index (χ0n) is 10.7. The number of rotatable bonds is 4. The van der Waals surface area contributed by atoms with Crippen molar-refractivity contribution in [3.63, 3.8) is 0 Å². The van der Waals surface area contributed by atoms with Gasteiger partial charge in [-0.1, -0.05) is 0 Å². The third kappa shape index (κ3) is 2.21. The van der Waals surface area contributed by atoms with Gasteiger partial charge in [-0.05, 0) is 18.9 Å². The molecule has 1 aliphatic rings. The van der Waals surface area contributed by atoms with Gasteiger partial charge in [0, 0.05) is 23.8 Å². The molecule has 19 heavy (non-hydrogen) atoms. The smallest absolute Gasteiger partial charge is 0.186 e. The third-order valence-electron chi connectivity index (χ3n) is 3.52. The second-order valence-corrected chi connectivity index (χ2v) is 6.79. The van der Waals surface area contributed by atoms with E-state index >= 15 is 0 Å². The summed E-state index contributed by atoms with van der Waals surface area (Å²) in [6.45, 7) is 0.237. The van der Waals surface area contributed by atoms with Crippen LogP contribution in [0, 0.1) is 11.6 Å². The lowest BCUT2D eigenvalue weighted by Gasteiger charge is -2.19. The predicted octanol–water partition coefficient (Wildman–Crippen LogP) is 1.37. The number of halogens is 2. The highest BCUT2D eigenvalue weighted by Crippen LogP contribution is 2.52. The highest BCUT2D eigenvalue weighted by molar-refractivity contribution is 7.90. The minimum absolute atomic E-state index is 0.232. The van der Waals surface area contributed by atoms with Crippen molar-refractivity contribution < 1.29 is 21.9 Å². The number of hydrogen-bond donors (Lipinski definition) is 1. The highest BCUT2D eigenvalue weighted by Gasteiger charge is 2.46. The number of sulfone groups is 1. The second-order valence-electron chi connectivity index (χ2n) is 4.84. The van der Waals surface area contributed by atoms with Crippen molar-refractivity contribution in [2.45, 2.75) is 23.2 Å². The Morgan fingerprint density at radius 1 is 1.42 bits per heavy atom. The largest absolute Gasteiger partial charge is 0.493 e. The normalized spacial score (nSPS) is 17.3. The van der Waals surface area contributed by atoms with Gasteiger partial charge >= 0.3 is 0 Å². The number of hydrogen-bond acceptors (Lipinski definition) is 4. The Morgan fingerprint density at radius 2 is 2.00 bits per heavy atom. The maximum atomic E-state index is 14.2. The van der Waals surface area contributed by atoms with E-state index in [-0.39, 0.29) is 12.3 Å². The Balaban J connectivity index is 2.74. The van der Waals surface area contributed by atoms with Crippen molar-refractivity contribution >= 4 is 9.84 Å². The molecule has 0 heterocycles. The third-order valence-corrected chi connectivity index (χ3v) is 4.64. The van der Waals surface area contributed by atoms with Gasteiger partial charge in [-0.25, -0.2) is 17.2 Å². The van der Waals surface area contributed by atoms with Crippen LogP contribution in [0.2, 0.25) is 0 Å². The van der Waals surface area contributed by atoms with E-state index in [9.17, 15) is 17.2 Å². The van der Waals surface area contributed by atoms with Crippen LogP contribution in [-0.4, -0.2) is 28.3 Å². The lowest BCUT2D eigenvalue weighted by molar-refractivity contribution is 0.364. The van der Waals surface area contributed by atoms with E-state index in [1.807, 2.05) is 0 Å². The quantitative estimate of drug-likeness (QED) is 0.909. The molecule has 2 N–H and O–H groups in total. The Morgan fingerprint density at radius 3 is 2.37 bits per heavy atom. The lowest BCUT2D eigenvalue weighted by Crippen LogP contribution is -2.22. The molecule has 0 saturated heterocycles. The van der Waals surface area contributed by atoms with Crippen LogP contribution in [0.25, 0.3) is 0 Å². The fourth-order valence-corrected chi connectivity index (χ4v) is 3.08. The van der Waals surface area contributed by atoms with Crippen LogP contribution in [0.4, 0.5) is 8.78 Å². The van der Waals surface area contributed by atoms with Crippen molar-refractivity contribution in [1.29, 1.82) is 0 Å². The van der Waals surface area contributed by atoms with E-state index in [0.717, 1.165) is 12.3 Å². The monoisotopic (exact) mass is 291 g/mol. The van der Waals surface area contributed by atoms with Gasteiger partial charge in [0.1, 0.15) is 10.7 Å². The number of nitrogens with two attached hydrogens (primary N) is 1. The van der Waals surface area contributed by atoms with E-state index in [2.05, 4.69) is 0 Å². The van der Waals surface area contributed by atoms with Crippen LogP contribution in [0.15, 0.2) is 11.0 Å². The maximum Gasteiger partial charge on any atom is 0.186 e. The summed E-state index contributed by atoms with van der Waals surface area (Å²) in [6.07, 6.45) is 2.16. The first-order chi connectivity index (χ1) is 8.77. The first-order valence-corrected chi connectivity index (χ1v) is 7.62. The molecule has 1 fully saturated rings. The van der Waals surface area contributed by atoms with Crippen LogP contribution < -0.4 is 10.5 Å². The molecule has 1 aromatic rings. The summed E-state index contributed by atoms with van der Waals surface area (Å²) >= 11 is 0. The van der Waals surface area contributed by atoms with E-state index < -0.39 is 31.8 Å². The fraction of sp³-hybridized carbons (Fsp3) is 0.500.